The molecule has 8 heteroatoms. The van der Waals surface area contributed by atoms with Crippen LogP contribution >= 0.6 is 0 Å². The van der Waals surface area contributed by atoms with Gasteiger partial charge >= 0.3 is 0 Å². The Bertz CT molecular complexity index is 1140. The third kappa shape index (κ3) is 2.49. The van der Waals surface area contributed by atoms with E-state index in [2.05, 4.69) is 20.3 Å². The SMILES string of the molecule is Cc1ccc(-c2nn3c(-c4ccc(O)c(N)c4)nnc3[nH]c2=O)cc1. The molecule has 0 aliphatic carbocycles. The fraction of sp³-hybridized carbons (Fsp3) is 0.0588. The summed E-state index contributed by atoms with van der Waals surface area (Å²) in [6.45, 7) is 1.97. The van der Waals surface area contributed by atoms with Crippen molar-refractivity contribution in [3.05, 3.63) is 58.4 Å². The quantitative estimate of drug-likeness (QED) is 0.379. The molecule has 0 aliphatic rings. The number of hydrogen-bond donors (Lipinski definition) is 3. The van der Waals surface area contributed by atoms with Gasteiger partial charge in [0, 0.05) is 11.1 Å². The fourth-order valence-electron chi connectivity index (χ4n) is 2.53. The van der Waals surface area contributed by atoms with Gasteiger partial charge < -0.3 is 10.8 Å². The zero-order valence-electron chi connectivity index (χ0n) is 13.3. The van der Waals surface area contributed by atoms with Crippen LogP contribution in [-0.2, 0) is 0 Å². The minimum atomic E-state index is -0.347. The van der Waals surface area contributed by atoms with Gasteiger partial charge in [0.1, 0.15) is 5.75 Å². The number of nitrogen functional groups attached to an aromatic ring is 1. The summed E-state index contributed by atoms with van der Waals surface area (Å²) in [5, 5.41) is 22.0. The van der Waals surface area contributed by atoms with Gasteiger partial charge in [0.15, 0.2) is 11.5 Å². The number of aryl methyl sites for hydroxylation is 1. The van der Waals surface area contributed by atoms with Gasteiger partial charge in [-0.25, -0.2) is 0 Å². The van der Waals surface area contributed by atoms with Crippen molar-refractivity contribution in [3.8, 4) is 28.4 Å². The number of anilines is 1. The van der Waals surface area contributed by atoms with Gasteiger partial charge in [0.2, 0.25) is 0 Å². The maximum atomic E-state index is 12.3. The molecule has 2 aromatic carbocycles. The third-order valence-electron chi connectivity index (χ3n) is 3.89. The molecule has 2 aromatic heterocycles. The average molecular weight is 334 g/mol. The number of nitrogens with zero attached hydrogens (tertiary/aromatic N) is 4. The van der Waals surface area contributed by atoms with E-state index in [9.17, 15) is 9.90 Å². The lowest BCUT2D eigenvalue weighted by Gasteiger charge is -2.04. The van der Waals surface area contributed by atoms with Crippen LogP contribution < -0.4 is 11.3 Å². The highest BCUT2D eigenvalue weighted by Gasteiger charge is 2.15. The Morgan fingerprint density at radius 3 is 2.52 bits per heavy atom. The van der Waals surface area contributed by atoms with Gasteiger partial charge in [0.25, 0.3) is 11.3 Å². The smallest absolute Gasteiger partial charge is 0.279 e. The van der Waals surface area contributed by atoms with Crippen LogP contribution in [0.5, 0.6) is 5.75 Å². The predicted octanol–water partition coefficient (Wildman–Crippen LogP) is 1.74. The second-order valence-corrected chi connectivity index (χ2v) is 5.70. The molecule has 0 spiro atoms. The van der Waals surface area contributed by atoms with Crippen LogP contribution in [0.25, 0.3) is 28.4 Å². The Balaban J connectivity index is 1.93. The first-order valence-corrected chi connectivity index (χ1v) is 7.54. The standard InChI is InChI=1S/C17H14N6O2/c1-9-2-4-10(5-3-9)14-16(25)19-17-21-20-15(23(17)22-14)11-6-7-13(24)12(18)8-11/h2-8,24H,18H2,1H3,(H,19,21,25). The van der Waals surface area contributed by atoms with Crippen molar-refractivity contribution in [2.75, 3.05) is 5.73 Å². The molecule has 4 N–H and O–H groups in total. The Morgan fingerprint density at radius 1 is 1.08 bits per heavy atom. The molecular formula is C17H14N6O2. The lowest BCUT2D eigenvalue weighted by Crippen LogP contribution is -2.15. The number of phenols is 1. The van der Waals surface area contributed by atoms with Crippen LogP contribution in [0.3, 0.4) is 0 Å². The molecule has 8 nitrogen and oxygen atoms in total. The second-order valence-electron chi connectivity index (χ2n) is 5.70. The second kappa shape index (κ2) is 5.45. The van der Waals surface area contributed by atoms with E-state index >= 15 is 0 Å². The number of aromatic hydroxyl groups is 1. The zero-order chi connectivity index (χ0) is 17.6. The molecule has 0 radical (unpaired) electrons. The summed E-state index contributed by atoms with van der Waals surface area (Å²) in [6.07, 6.45) is 0. The first-order valence-electron chi connectivity index (χ1n) is 7.54. The molecule has 0 saturated carbocycles. The lowest BCUT2D eigenvalue weighted by atomic mass is 10.1. The van der Waals surface area contributed by atoms with Crippen molar-refractivity contribution in [2.24, 2.45) is 0 Å². The summed E-state index contributed by atoms with van der Waals surface area (Å²) in [5.74, 6) is 0.619. The monoisotopic (exact) mass is 334 g/mol. The van der Waals surface area contributed by atoms with Crippen molar-refractivity contribution >= 4 is 11.5 Å². The molecule has 124 valence electrons. The summed E-state index contributed by atoms with van der Waals surface area (Å²) in [7, 11) is 0. The van der Waals surface area contributed by atoms with Gasteiger partial charge in [-0.15, -0.1) is 10.2 Å². The third-order valence-corrected chi connectivity index (χ3v) is 3.89. The highest BCUT2D eigenvalue weighted by molar-refractivity contribution is 5.67. The number of nitrogens with two attached hydrogens (primary N) is 1. The minimum absolute atomic E-state index is 0.0146. The normalized spacial score (nSPS) is 11.1. The van der Waals surface area contributed by atoms with Crippen LogP contribution in [0.2, 0.25) is 0 Å². The first-order chi connectivity index (χ1) is 12.0. The summed E-state index contributed by atoms with van der Waals surface area (Å²) in [5.41, 5.74) is 8.29. The number of rotatable bonds is 2. The van der Waals surface area contributed by atoms with Crippen molar-refractivity contribution in [1.82, 2.24) is 24.8 Å². The number of fused-ring (bicyclic) bond motifs is 1. The number of H-pyrrole nitrogens is 1. The molecule has 0 aliphatic heterocycles. The van der Waals surface area contributed by atoms with Gasteiger partial charge in [-0.3, -0.25) is 9.78 Å². The molecule has 0 unspecified atom stereocenters. The Hall–Kier alpha value is -3.68. The van der Waals surface area contributed by atoms with Crippen LogP contribution in [0.4, 0.5) is 5.69 Å². The topological polar surface area (TPSA) is 122 Å². The lowest BCUT2D eigenvalue weighted by molar-refractivity contribution is 0.478. The molecule has 2 heterocycles. The highest BCUT2D eigenvalue weighted by atomic mass is 16.3. The molecule has 0 fully saturated rings. The van der Waals surface area contributed by atoms with E-state index in [-0.39, 0.29) is 28.5 Å². The van der Waals surface area contributed by atoms with E-state index in [1.54, 1.807) is 12.1 Å². The Labute approximate surface area is 141 Å². The number of hydrogen-bond acceptors (Lipinski definition) is 6. The predicted molar refractivity (Wildman–Crippen MR) is 93.1 cm³/mol. The molecular weight excluding hydrogens is 320 g/mol. The van der Waals surface area contributed by atoms with Gasteiger partial charge in [0.05, 0.1) is 5.69 Å². The number of aromatic nitrogens is 5. The van der Waals surface area contributed by atoms with E-state index in [4.69, 9.17) is 5.73 Å². The van der Waals surface area contributed by atoms with Crippen LogP contribution in [0, 0.1) is 6.92 Å². The summed E-state index contributed by atoms with van der Waals surface area (Å²) in [6, 6.07) is 12.2. The highest BCUT2D eigenvalue weighted by Crippen LogP contribution is 2.26. The van der Waals surface area contributed by atoms with E-state index < -0.39 is 0 Å². The number of aromatic amines is 1. The van der Waals surface area contributed by atoms with Crippen molar-refractivity contribution in [3.63, 3.8) is 0 Å². The molecule has 0 amide bonds. The van der Waals surface area contributed by atoms with Gasteiger partial charge in [-0.05, 0) is 25.1 Å². The summed E-state index contributed by atoms with van der Waals surface area (Å²) in [4.78, 5) is 15.0. The molecule has 0 atom stereocenters. The Morgan fingerprint density at radius 2 is 1.80 bits per heavy atom. The van der Waals surface area contributed by atoms with Crippen molar-refractivity contribution in [1.29, 1.82) is 0 Å². The minimum Gasteiger partial charge on any atom is -0.506 e. The van der Waals surface area contributed by atoms with E-state index in [1.807, 2.05) is 31.2 Å². The summed E-state index contributed by atoms with van der Waals surface area (Å²) < 4.78 is 1.45. The van der Waals surface area contributed by atoms with Crippen LogP contribution in [0.15, 0.2) is 47.3 Å². The largest absolute Gasteiger partial charge is 0.506 e. The van der Waals surface area contributed by atoms with E-state index in [1.165, 1.54) is 10.6 Å². The first kappa shape index (κ1) is 14.9. The van der Waals surface area contributed by atoms with Gasteiger partial charge in [-0.2, -0.15) is 9.61 Å². The molecule has 25 heavy (non-hydrogen) atoms. The summed E-state index contributed by atoms with van der Waals surface area (Å²) >= 11 is 0. The fourth-order valence-corrected chi connectivity index (χ4v) is 2.53. The van der Waals surface area contributed by atoms with E-state index in [0.717, 1.165) is 5.56 Å². The van der Waals surface area contributed by atoms with Crippen molar-refractivity contribution in [2.45, 2.75) is 6.92 Å². The van der Waals surface area contributed by atoms with Crippen molar-refractivity contribution < 1.29 is 5.11 Å². The van der Waals surface area contributed by atoms with Crippen LogP contribution in [0.1, 0.15) is 5.56 Å². The van der Waals surface area contributed by atoms with E-state index in [0.29, 0.717) is 17.0 Å². The maximum absolute atomic E-state index is 12.3. The number of nitrogens with one attached hydrogen (secondary N) is 1. The number of phenolic OH excluding ortho intramolecular Hbond substituents is 1. The maximum Gasteiger partial charge on any atom is 0.279 e. The zero-order valence-corrected chi connectivity index (χ0v) is 13.3. The molecule has 0 saturated heterocycles. The molecule has 0 bridgehead atoms. The molecule has 4 aromatic rings. The number of benzene rings is 2. The van der Waals surface area contributed by atoms with Gasteiger partial charge in [-0.1, -0.05) is 29.8 Å². The Kier molecular flexibility index (Phi) is 3.24. The molecule has 4 rings (SSSR count). The average Bonchev–Trinajstić information content (AvgIpc) is 3.00. The van der Waals surface area contributed by atoms with Crippen LogP contribution in [-0.4, -0.2) is 29.9 Å².